The minimum Gasteiger partial charge on any atom is -0.513 e. The summed E-state index contributed by atoms with van der Waals surface area (Å²) >= 11 is 6.13. The molecule has 0 bridgehead atoms. The highest BCUT2D eigenvalue weighted by molar-refractivity contribution is 7.93. The molecule has 0 aromatic carbocycles. The number of ether oxygens (including phenoxy) is 1. The predicted molar refractivity (Wildman–Crippen MR) is 130 cm³/mol. The summed E-state index contributed by atoms with van der Waals surface area (Å²) in [5, 5.41) is 15.4. The Hall–Kier alpha value is -3.00. The largest absolute Gasteiger partial charge is 0.513 e. The van der Waals surface area contributed by atoms with Crippen molar-refractivity contribution < 1.29 is 36.2 Å². The van der Waals surface area contributed by atoms with Crippen molar-refractivity contribution >= 4 is 39.1 Å². The fourth-order valence-corrected chi connectivity index (χ4v) is 5.66. The van der Waals surface area contributed by atoms with Gasteiger partial charge in [0.25, 0.3) is 10.0 Å². The second-order valence-electron chi connectivity index (χ2n) is 9.06. The summed E-state index contributed by atoms with van der Waals surface area (Å²) in [6, 6.07) is 1.29. The van der Waals surface area contributed by atoms with Crippen molar-refractivity contribution in [3.63, 3.8) is 0 Å². The average molecular weight is 566 g/mol. The molecule has 10 nitrogen and oxygen atoms in total. The molecule has 1 amide bonds. The molecule has 204 valence electrons. The third kappa shape index (κ3) is 6.29. The van der Waals surface area contributed by atoms with Crippen LogP contribution in [0.5, 0.6) is 0 Å². The quantitative estimate of drug-likeness (QED) is 0.428. The van der Waals surface area contributed by atoms with Gasteiger partial charge < -0.3 is 9.84 Å². The molecule has 0 spiro atoms. The lowest BCUT2D eigenvalue weighted by molar-refractivity contribution is -0.242. The summed E-state index contributed by atoms with van der Waals surface area (Å²) in [5.41, 5.74) is -2.34. The number of nitrogens with zero attached hydrogens (tertiary/aromatic N) is 4. The Morgan fingerprint density at radius 3 is 2.62 bits per heavy atom. The Bertz CT molecular complexity index is 1300. The maximum absolute atomic E-state index is 13.7. The van der Waals surface area contributed by atoms with E-state index < -0.39 is 27.9 Å². The third-order valence-electron chi connectivity index (χ3n) is 5.82. The lowest BCUT2D eigenvalue weighted by atomic mass is 9.93. The number of halogens is 4. The van der Waals surface area contributed by atoms with E-state index >= 15 is 0 Å². The van der Waals surface area contributed by atoms with E-state index in [1.165, 1.54) is 23.1 Å². The van der Waals surface area contributed by atoms with Gasteiger partial charge in [-0.15, -0.1) is 0 Å². The number of pyridine rings is 1. The molecule has 1 aliphatic heterocycles. The smallest absolute Gasteiger partial charge is 0.427 e. The second kappa shape index (κ2) is 10.4. The summed E-state index contributed by atoms with van der Waals surface area (Å²) in [4.78, 5) is 16.2. The van der Waals surface area contributed by atoms with E-state index in [0.717, 1.165) is 4.31 Å². The zero-order chi connectivity index (χ0) is 27.8. The molecule has 1 aliphatic rings. The first kappa shape index (κ1) is 28.6. The van der Waals surface area contributed by atoms with Gasteiger partial charge in [0, 0.05) is 25.7 Å². The molecule has 3 heterocycles. The second-order valence-corrected chi connectivity index (χ2v) is 11.3. The Labute approximate surface area is 217 Å². The van der Waals surface area contributed by atoms with Gasteiger partial charge in [-0.3, -0.25) is 19.3 Å². The molecule has 2 aromatic heterocycles. The molecule has 0 unspecified atom stereocenters. The van der Waals surface area contributed by atoms with Crippen molar-refractivity contribution in [1.82, 2.24) is 14.8 Å². The number of aromatic nitrogens is 3. The van der Waals surface area contributed by atoms with Gasteiger partial charge in [-0.1, -0.05) is 18.2 Å². The van der Waals surface area contributed by atoms with Crippen molar-refractivity contribution in [2.75, 3.05) is 16.2 Å². The fraction of sp³-hybridized carbons (Fsp3) is 0.500. The number of rotatable bonds is 8. The number of aryl methyl sites for hydroxylation is 1. The molecule has 15 heteroatoms. The molecule has 1 atom stereocenters. The van der Waals surface area contributed by atoms with Crippen LogP contribution in [-0.2, 0) is 27.7 Å². The molecule has 3 rings (SSSR count). The van der Waals surface area contributed by atoms with E-state index in [2.05, 4.69) is 26.7 Å². The number of carbonyl (C=O) groups is 1. The van der Waals surface area contributed by atoms with E-state index in [-0.39, 0.29) is 46.1 Å². The average Bonchev–Trinajstić information content (AvgIpc) is 3.17. The van der Waals surface area contributed by atoms with Crippen molar-refractivity contribution in [2.24, 2.45) is 5.92 Å². The normalized spacial score (nSPS) is 16.3. The van der Waals surface area contributed by atoms with Gasteiger partial charge in [-0.2, -0.15) is 18.3 Å². The summed E-state index contributed by atoms with van der Waals surface area (Å²) < 4.78 is 73.5. The highest BCUT2D eigenvalue weighted by atomic mass is 35.5. The van der Waals surface area contributed by atoms with Gasteiger partial charge >= 0.3 is 12.3 Å². The lowest BCUT2D eigenvalue weighted by Crippen LogP contribution is -2.44. The van der Waals surface area contributed by atoms with E-state index in [9.17, 15) is 31.5 Å². The lowest BCUT2D eigenvalue weighted by Gasteiger charge is -2.34. The van der Waals surface area contributed by atoms with Crippen LogP contribution < -0.4 is 9.62 Å². The number of amides is 1. The van der Waals surface area contributed by atoms with Gasteiger partial charge in [0.15, 0.2) is 5.15 Å². The number of aliphatic hydroxyl groups is 1. The topological polar surface area (TPSA) is 127 Å². The number of fused-ring (bicyclic) bond motifs is 1. The first-order chi connectivity index (χ1) is 17.0. The number of hydrogen-bond donors (Lipinski definition) is 2. The molecule has 0 saturated carbocycles. The highest BCUT2D eigenvalue weighted by Gasteiger charge is 2.51. The van der Waals surface area contributed by atoms with Crippen LogP contribution >= 0.6 is 11.6 Å². The van der Waals surface area contributed by atoms with E-state index in [4.69, 9.17) is 11.6 Å². The Morgan fingerprint density at radius 1 is 1.38 bits per heavy atom. The van der Waals surface area contributed by atoms with Gasteiger partial charge in [0.2, 0.25) is 5.60 Å². The number of alkyl halides is 3. The molecule has 0 fully saturated rings. The SMILES string of the molecule is C=C(O)CC[C@@H]1Cc2ncc(NC(=O)OC(C)(C)C(F)(F)F)cc2N(S(=O)(=O)c2cn(CC)nc2Cl)C1. The first-order valence-electron chi connectivity index (χ1n) is 11.2. The molecule has 0 saturated heterocycles. The Kier molecular flexibility index (Phi) is 8.03. The maximum atomic E-state index is 13.7. The number of anilines is 2. The van der Waals surface area contributed by atoms with Gasteiger partial charge in [0.1, 0.15) is 4.90 Å². The minimum absolute atomic E-state index is 0.00701. The zero-order valence-corrected chi connectivity index (χ0v) is 21.9. The molecule has 0 radical (unpaired) electrons. The monoisotopic (exact) mass is 565 g/mol. The minimum atomic E-state index is -4.81. The van der Waals surface area contributed by atoms with Crippen molar-refractivity contribution in [3.05, 3.63) is 41.6 Å². The van der Waals surface area contributed by atoms with Crippen LogP contribution in [0, 0.1) is 5.92 Å². The third-order valence-corrected chi connectivity index (χ3v) is 7.99. The molecule has 0 aliphatic carbocycles. The standard InChI is InChI=1S/C22H27ClF3N5O5S/c1-5-30-12-18(19(23)29-30)37(34,35)31-11-14(7-6-13(2)32)8-16-17(31)9-15(10-27-16)28-20(33)36-21(3,4)22(24,25)26/h9-10,12,14,32H,2,5-8,11H2,1,3-4H3,(H,28,33)/t14-/m1/s1. The fourth-order valence-electron chi connectivity index (χ4n) is 3.65. The number of sulfonamides is 1. The van der Waals surface area contributed by atoms with Crippen molar-refractivity contribution in [1.29, 1.82) is 0 Å². The molecular formula is C22H27ClF3N5O5S. The van der Waals surface area contributed by atoms with Crippen molar-refractivity contribution in [3.8, 4) is 0 Å². The summed E-state index contributed by atoms with van der Waals surface area (Å²) in [6.45, 7) is 6.99. The van der Waals surface area contributed by atoms with Crippen LogP contribution in [0.25, 0.3) is 0 Å². The summed E-state index contributed by atoms with van der Waals surface area (Å²) in [5.74, 6) is -0.282. The van der Waals surface area contributed by atoms with Crippen molar-refractivity contribution in [2.45, 2.75) is 63.3 Å². The van der Waals surface area contributed by atoms with Crippen LogP contribution in [0.15, 0.2) is 35.7 Å². The number of nitrogens with one attached hydrogen (secondary N) is 1. The van der Waals surface area contributed by atoms with Crippen LogP contribution in [0.2, 0.25) is 5.15 Å². The van der Waals surface area contributed by atoms with Crippen LogP contribution in [0.1, 0.15) is 39.3 Å². The maximum Gasteiger partial charge on any atom is 0.427 e. The molecular weight excluding hydrogens is 539 g/mol. The Balaban J connectivity index is 1.98. The predicted octanol–water partition coefficient (Wildman–Crippen LogP) is 5.06. The number of carbonyl (C=O) groups excluding carboxylic acids is 1. The zero-order valence-electron chi connectivity index (χ0n) is 20.3. The number of aliphatic hydroxyl groups excluding tert-OH is 1. The van der Waals surface area contributed by atoms with Gasteiger partial charge in [-0.25, -0.2) is 13.2 Å². The number of allylic oxidation sites excluding steroid dienone is 1. The van der Waals surface area contributed by atoms with Crippen LogP contribution in [0.3, 0.4) is 0 Å². The van der Waals surface area contributed by atoms with Crippen LogP contribution in [0.4, 0.5) is 29.3 Å². The highest BCUT2D eigenvalue weighted by Crippen LogP contribution is 2.38. The number of hydrogen-bond acceptors (Lipinski definition) is 7. The van der Waals surface area contributed by atoms with E-state index in [1.54, 1.807) is 6.92 Å². The summed E-state index contributed by atoms with van der Waals surface area (Å²) in [6.07, 6.45) is -2.68. The molecule has 2 N–H and O–H groups in total. The van der Waals surface area contributed by atoms with Crippen LogP contribution in [-0.4, -0.2) is 52.7 Å². The van der Waals surface area contributed by atoms with Gasteiger partial charge in [-0.05, 0) is 45.6 Å². The molecule has 37 heavy (non-hydrogen) atoms. The molecule has 2 aromatic rings. The summed E-state index contributed by atoms with van der Waals surface area (Å²) in [7, 11) is -4.26. The first-order valence-corrected chi connectivity index (χ1v) is 13.0. The van der Waals surface area contributed by atoms with E-state index in [1.807, 2.05) is 0 Å². The Morgan fingerprint density at radius 2 is 2.05 bits per heavy atom. The van der Waals surface area contributed by atoms with Gasteiger partial charge in [0.05, 0.1) is 29.0 Å². The van der Waals surface area contributed by atoms with E-state index in [0.29, 0.717) is 38.9 Å².